The van der Waals surface area contributed by atoms with E-state index in [9.17, 15) is 4.79 Å². The summed E-state index contributed by atoms with van der Waals surface area (Å²) in [5.41, 5.74) is 3.04. The first-order valence-corrected chi connectivity index (χ1v) is 10.7. The first-order valence-electron chi connectivity index (χ1n) is 8.63. The van der Waals surface area contributed by atoms with Crippen LogP contribution in [0.25, 0.3) is 0 Å². The smallest absolute Gasteiger partial charge is 0.277 e. The van der Waals surface area contributed by atoms with Crippen LogP contribution in [-0.2, 0) is 11.4 Å². The predicted octanol–water partition coefficient (Wildman–Crippen LogP) is 4.86. The Morgan fingerprint density at radius 1 is 1.16 bits per heavy atom. The van der Waals surface area contributed by atoms with E-state index in [0.717, 1.165) is 11.8 Å². The van der Waals surface area contributed by atoms with Crippen molar-refractivity contribution in [3.8, 4) is 11.5 Å². The van der Waals surface area contributed by atoms with Crippen LogP contribution in [0.3, 0.4) is 0 Å². The molecule has 31 heavy (non-hydrogen) atoms. The molecule has 0 saturated heterocycles. The van der Waals surface area contributed by atoms with Crippen molar-refractivity contribution in [3.63, 3.8) is 0 Å². The molecule has 1 N–H and O–H groups in total. The summed E-state index contributed by atoms with van der Waals surface area (Å²) < 4.78 is 16.2. The number of carbonyl (C=O) groups excluding carboxylic acids is 1. The van der Waals surface area contributed by atoms with Crippen LogP contribution in [-0.4, -0.2) is 35.2 Å². The number of amides is 1. The molecule has 3 aromatic rings. The van der Waals surface area contributed by atoms with Crippen LogP contribution in [0.15, 0.2) is 51.1 Å². The summed E-state index contributed by atoms with van der Waals surface area (Å²) in [6, 6.07) is 9.93. The second-order valence-corrected chi connectivity index (χ2v) is 8.00. The highest BCUT2D eigenvalue weighted by molar-refractivity contribution is 7.99. The van der Waals surface area contributed by atoms with E-state index in [2.05, 4.69) is 20.7 Å². The van der Waals surface area contributed by atoms with E-state index in [-0.39, 0.29) is 29.4 Å². The maximum Gasteiger partial charge on any atom is 0.277 e. The first-order chi connectivity index (χ1) is 14.9. The number of ether oxygens (including phenoxy) is 2. The molecule has 0 fully saturated rings. The summed E-state index contributed by atoms with van der Waals surface area (Å²) in [5, 5.41) is 13.2. The van der Waals surface area contributed by atoms with Gasteiger partial charge in [-0.15, -0.1) is 10.2 Å². The van der Waals surface area contributed by atoms with Crippen LogP contribution in [0.1, 0.15) is 11.5 Å². The van der Waals surface area contributed by atoms with Gasteiger partial charge in [0.2, 0.25) is 0 Å². The Hall–Kier alpha value is -2.46. The van der Waals surface area contributed by atoms with Crippen LogP contribution in [0.4, 0.5) is 0 Å². The molecule has 0 spiro atoms. The molecule has 0 bridgehead atoms. The Labute approximate surface area is 196 Å². The molecule has 2 aromatic carbocycles. The van der Waals surface area contributed by atoms with Gasteiger partial charge in [0, 0.05) is 15.6 Å². The lowest BCUT2D eigenvalue weighted by molar-refractivity contribution is -0.118. The molecule has 0 unspecified atom stereocenters. The summed E-state index contributed by atoms with van der Waals surface area (Å²) in [4.78, 5) is 12.0. The first kappa shape index (κ1) is 23.2. The highest BCUT2D eigenvalue weighted by Crippen LogP contribution is 2.28. The molecule has 8 nitrogen and oxygen atoms in total. The van der Waals surface area contributed by atoms with Crippen LogP contribution < -0.4 is 14.9 Å². The van der Waals surface area contributed by atoms with E-state index >= 15 is 0 Å². The molecule has 0 aliphatic heterocycles. The molecule has 1 heterocycles. The highest BCUT2D eigenvalue weighted by Gasteiger charge is 2.11. The summed E-state index contributed by atoms with van der Waals surface area (Å²) in [6.07, 6.45) is 1.44. The zero-order valence-electron chi connectivity index (χ0n) is 16.0. The highest BCUT2D eigenvalue weighted by atomic mass is 35.5. The lowest BCUT2D eigenvalue weighted by atomic mass is 10.2. The number of methoxy groups -OCH3 is 1. The molecule has 162 valence electrons. The SMILES string of the molecule is COc1ccc(Cl)cc1/C=N\NC(=O)CSc1nnc(COc2ccc(Cl)cc2Cl)o1. The molecular formula is C19H15Cl3N4O4S. The lowest BCUT2D eigenvalue weighted by Gasteiger charge is -2.05. The number of rotatable bonds is 9. The van der Waals surface area contributed by atoms with Gasteiger partial charge in [-0.1, -0.05) is 46.6 Å². The van der Waals surface area contributed by atoms with E-state index in [1.54, 1.807) is 36.4 Å². The van der Waals surface area contributed by atoms with Gasteiger partial charge < -0.3 is 13.9 Å². The largest absolute Gasteiger partial charge is 0.496 e. The van der Waals surface area contributed by atoms with Crippen LogP contribution in [0.2, 0.25) is 15.1 Å². The summed E-state index contributed by atoms with van der Waals surface area (Å²) >= 11 is 18.9. The normalized spacial score (nSPS) is 11.0. The van der Waals surface area contributed by atoms with Gasteiger partial charge >= 0.3 is 0 Å². The Morgan fingerprint density at radius 3 is 2.65 bits per heavy atom. The molecule has 12 heteroatoms. The standard InChI is InChI=1S/C19H15Cl3N4O4S/c1-28-15-4-2-12(20)6-11(15)8-23-24-17(27)10-31-19-26-25-18(30-19)9-29-16-5-3-13(21)7-14(16)22/h2-8H,9-10H2,1H3,(H,24,27)/b23-8-. The summed E-state index contributed by atoms with van der Waals surface area (Å²) in [6.45, 7) is 0.0207. The average molecular weight is 502 g/mol. The topological polar surface area (TPSA) is 98.8 Å². The fraction of sp³-hybridized carbons (Fsp3) is 0.158. The van der Waals surface area contributed by atoms with Crippen molar-refractivity contribution in [2.24, 2.45) is 5.10 Å². The molecule has 0 aliphatic carbocycles. The second-order valence-electron chi connectivity index (χ2n) is 5.79. The van der Waals surface area contributed by atoms with E-state index < -0.39 is 0 Å². The van der Waals surface area contributed by atoms with Gasteiger partial charge in [-0.2, -0.15) is 5.10 Å². The van der Waals surface area contributed by atoms with Crippen LogP contribution in [0.5, 0.6) is 11.5 Å². The minimum atomic E-state index is -0.355. The predicted molar refractivity (Wildman–Crippen MR) is 120 cm³/mol. The Balaban J connectivity index is 1.46. The number of nitrogens with zero attached hydrogens (tertiary/aromatic N) is 3. The molecule has 1 amide bonds. The van der Waals surface area contributed by atoms with Gasteiger partial charge in [-0.25, -0.2) is 5.43 Å². The Morgan fingerprint density at radius 2 is 1.90 bits per heavy atom. The van der Waals surface area contributed by atoms with E-state index in [1.165, 1.54) is 13.3 Å². The zero-order valence-corrected chi connectivity index (χ0v) is 19.1. The van der Waals surface area contributed by atoms with Crippen LogP contribution >= 0.6 is 46.6 Å². The second kappa shape index (κ2) is 11.2. The van der Waals surface area contributed by atoms with Crippen molar-refractivity contribution in [1.29, 1.82) is 0 Å². The van der Waals surface area contributed by atoms with Gasteiger partial charge in [0.25, 0.3) is 17.0 Å². The molecule has 3 rings (SSSR count). The minimum absolute atomic E-state index is 0.0207. The van der Waals surface area contributed by atoms with Gasteiger partial charge in [-0.3, -0.25) is 4.79 Å². The fourth-order valence-corrected chi connectivity index (χ4v) is 3.44. The number of aromatic nitrogens is 2. The van der Waals surface area contributed by atoms with Crippen molar-refractivity contribution >= 4 is 58.7 Å². The fourth-order valence-electron chi connectivity index (χ4n) is 2.23. The Kier molecular flexibility index (Phi) is 8.42. The number of hydrogen-bond acceptors (Lipinski definition) is 8. The van der Waals surface area contributed by atoms with Gasteiger partial charge in [0.1, 0.15) is 11.5 Å². The maximum absolute atomic E-state index is 12.0. The molecule has 0 saturated carbocycles. The summed E-state index contributed by atoms with van der Waals surface area (Å²) in [5.74, 6) is 0.922. The number of benzene rings is 2. The molecule has 0 radical (unpaired) electrons. The van der Waals surface area contributed by atoms with Gasteiger partial charge in [0.15, 0.2) is 6.61 Å². The van der Waals surface area contributed by atoms with E-state index in [0.29, 0.717) is 32.1 Å². The van der Waals surface area contributed by atoms with E-state index in [1.807, 2.05) is 0 Å². The number of carbonyl (C=O) groups is 1. The van der Waals surface area contributed by atoms with Crippen molar-refractivity contribution in [3.05, 3.63) is 62.9 Å². The molecular weight excluding hydrogens is 487 g/mol. The monoisotopic (exact) mass is 500 g/mol. The number of hydrazone groups is 1. The molecule has 0 aliphatic rings. The minimum Gasteiger partial charge on any atom is -0.496 e. The molecule has 1 aromatic heterocycles. The number of hydrogen-bond donors (Lipinski definition) is 1. The van der Waals surface area contributed by atoms with E-state index in [4.69, 9.17) is 48.7 Å². The number of nitrogens with one attached hydrogen (secondary N) is 1. The lowest BCUT2D eigenvalue weighted by Crippen LogP contribution is -2.19. The third-order valence-electron chi connectivity index (χ3n) is 3.60. The summed E-state index contributed by atoms with van der Waals surface area (Å²) in [7, 11) is 1.53. The maximum atomic E-state index is 12.0. The van der Waals surface area contributed by atoms with Crippen molar-refractivity contribution in [1.82, 2.24) is 15.6 Å². The van der Waals surface area contributed by atoms with Crippen molar-refractivity contribution in [2.75, 3.05) is 12.9 Å². The van der Waals surface area contributed by atoms with Crippen molar-refractivity contribution < 1.29 is 18.7 Å². The van der Waals surface area contributed by atoms with Gasteiger partial charge in [-0.05, 0) is 36.4 Å². The molecule has 0 atom stereocenters. The van der Waals surface area contributed by atoms with Gasteiger partial charge in [0.05, 0.1) is 24.1 Å². The average Bonchev–Trinajstić information content (AvgIpc) is 3.20. The van der Waals surface area contributed by atoms with Crippen LogP contribution in [0, 0.1) is 0 Å². The third-order valence-corrected chi connectivity index (χ3v) is 5.19. The van der Waals surface area contributed by atoms with Crippen molar-refractivity contribution in [2.45, 2.75) is 11.8 Å². The third kappa shape index (κ3) is 7.03. The Bertz CT molecular complexity index is 1090. The quantitative estimate of drug-likeness (QED) is 0.254. The zero-order chi connectivity index (χ0) is 22.2. The number of halogens is 3. The number of thioether (sulfide) groups is 1.